The van der Waals surface area contributed by atoms with Gasteiger partial charge in [-0.25, -0.2) is 9.97 Å². The molecular formula is C22H23N3O3. The number of hydrogen-bond acceptors (Lipinski definition) is 5. The molecule has 0 spiro atoms. The highest BCUT2D eigenvalue weighted by Crippen LogP contribution is 2.24. The summed E-state index contributed by atoms with van der Waals surface area (Å²) >= 11 is 0. The predicted octanol–water partition coefficient (Wildman–Crippen LogP) is 4.47. The first-order chi connectivity index (χ1) is 13.6. The molecule has 3 aromatic rings. The Labute approximate surface area is 164 Å². The second-order valence-electron chi connectivity index (χ2n) is 6.40. The van der Waals surface area contributed by atoms with Crippen LogP contribution in [0.25, 0.3) is 11.1 Å². The molecule has 0 saturated carbocycles. The molecule has 144 valence electrons. The fourth-order valence-electron chi connectivity index (χ4n) is 2.51. The topological polar surface area (TPSA) is 73.3 Å². The smallest absolute Gasteiger partial charge is 0.321 e. The Bertz CT molecular complexity index is 925. The van der Waals surface area contributed by atoms with E-state index in [0.717, 1.165) is 17.5 Å². The molecule has 0 unspecified atom stereocenters. The molecule has 6 heteroatoms. The van der Waals surface area contributed by atoms with Crippen LogP contribution in [0, 0.1) is 0 Å². The average Bonchev–Trinajstić information content (AvgIpc) is 2.74. The summed E-state index contributed by atoms with van der Waals surface area (Å²) in [4.78, 5) is 20.7. The second kappa shape index (κ2) is 8.99. The van der Waals surface area contributed by atoms with Crippen molar-refractivity contribution < 1.29 is 14.3 Å². The predicted molar refractivity (Wildman–Crippen MR) is 108 cm³/mol. The fraction of sp³-hybridized carbons (Fsp3) is 0.227. The third kappa shape index (κ3) is 4.85. The standard InChI is InChI=1S/C22H23N3O3/c1-4-15(2)25-21(26)17-10-8-16(9-11-17)18-13-23-22(24-14-18)28-20-7-5-6-19(12-20)27-3/h5-15H,4H2,1-3H3,(H,25,26)/t15-/m0/s1. The van der Waals surface area contributed by atoms with E-state index in [1.54, 1.807) is 37.7 Å². The van der Waals surface area contributed by atoms with E-state index in [-0.39, 0.29) is 18.0 Å². The van der Waals surface area contributed by atoms with Gasteiger partial charge in [0.1, 0.15) is 11.5 Å². The van der Waals surface area contributed by atoms with E-state index in [4.69, 9.17) is 9.47 Å². The first kappa shape index (κ1) is 19.4. The highest BCUT2D eigenvalue weighted by atomic mass is 16.5. The Morgan fingerprint density at radius 3 is 2.36 bits per heavy atom. The van der Waals surface area contributed by atoms with E-state index in [2.05, 4.69) is 15.3 Å². The van der Waals surface area contributed by atoms with Crippen molar-refractivity contribution in [1.29, 1.82) is 0 Å². The minimum absolute atomic E-state index is 0.0702. The Morgan fingerprint density at radius 2 is 1.71 bits per heavy atom. The van der Waals surface area contributed by atoms with Gasteiger partial charge in [0.15, 0.2) is 0 Å². The van der Waals surface area contributed by atoms with Gasteiger partial charge in [-0.1, -0.05) is 25.1 Å². The van der Waals surface area contributed by atoms with Crippen molar-refractivity contribution in [1.82, 2.24) is 15.3 Å². The number of benzene rings is 2. The van der Waals surface area contributed by atoms with Crippen LogP contribution in [0.4, 0.5) is 0 Å². The fourth-order valence-corrected chi connectivity index (χ4v) is 2.51. The number of ether oxygens (including phenoxy) is 2. The van der Waals surface area contributed by atoms with E-state index in [9.17, 15) is 4.79 Å². The van der Waals surface area contributed by atoms with Gasteiger partial charge in [0, 0.05) is 35.6 Å². The lowest BCUT2D eigenvalue weighted by Crippen LogP contribution is -2.31. The monoisotopic (exact) mass is 377 g/mol. The summed E-state index contributed by atoms with van der Waals surface area (Å²) in [5.74, 6) is 1.23. The first-order valence-electron chi connectivity index (χ1n) is 9.14. The highest BCUT2D eigenvalue weighted by molar-refractivity contribution is 5.94. The second-order valence-corrected chi connectivity index (χ2v) is 6.40. The van der Waals surface area contributed by atoms with Crippen molar-refractivity contribution in [2.24, 2.45) is 0 Å². The molecule has 0 fully saturated rings. The van der Waals surface area contributed by atoms with Crippen molar-refractivity contribution in [3.05, 3.63) is 66.5 Å². The molecule has 1 amide bonds. The van der Waals surface area contributed by atoms with Gasteiger partial charge in [-0.05, 0) is 43.2 Å². The molecule has 1 N–H and O–H groups in total. The Hall–Kier alpha value is -3.41. The first-order valence-corrected chi connectivity index (χ1v) is 9.14. The van der Waals surface area contributed by atoms with Crippen LogP contribution in [-0.2, 0) is 0 Å². The lowest BCUT2D eigenvalue weighted by Gasteiger charge is -2.11. The number of hydrogen-bond donors (Lipinski definition) is 1. The van der Waals surface area contributed by atoms with Gasteiger partial charge in [0.25, 0.3) is 5.91 Å². The molecular weight excluding hydrogens is 354 g/mol. The molecule has 1 aromatic heterocycles. The van der Waals surface area contributed by atoms with Gasteiger partial charge in [-0.2, -0.15) is 0 Å². The Kier molecular flexibility index (Phi) is 6.22. The summed E-state index contributed by atoms with van der Waals surface area (Å²) in [6.45, 7) is 4.02. The number of aromatic nitrogens is 2. The van der Waals surface area contributed by atoms with Crippen molar-refractivity contribution in [3.63, 3.8) is 0 Å². The molecule has 6 nitrogen and oxygen atoms in total. The number of nitrogens with zero attached hydrogens (tertiary/aromatic N) is 2. The lowest BCUT2D eigenvalue weighted by atomic mass is 10.1. The summed E-state index contributed by atoms with van der Waals surface area (Å²) in [6, 6.07) is 15.0. The SMILES string of the molecule is CC[C@H](C)NC(=O)c1ccc(-c2cnc(Oc3cccc(OC)c3)nc2)cc1. The van der Waals surface area contributed by atoms with Gasteiger partial charge in [-0.15, -0.1) is 0 Å². The highest BCUT2D eigenvalue weighted by Gasteiger charge is 2.09. The van der Waals surface area contributed by atoms with Crippen LogP contribution in [0.1, 0.15) is 30.6 Å². The largest absolute Gasteiger partial charge is 0.497 e. The Balaban J connectivity index is 1.68. The van der Waals surface area contributed by atoms with E-state index in [0.29, 0.717) is 17.1 Å². The number of rotatable bonds is 7. The molecule has 1 heterocycles. The average molecular weight is 377 g/mol. The lowest BCUT2D eigenvalue weighted by molar-refractivity contribution is 0.0939. The maximum atomic E-state index is 12.2. The zero-order chi connectivity index (χ0) is 19.9. The van der Waals surface area contributed by atoms with Crippen molar-refractivity contribution in [3.8, 4) is 28.6 Å². The van der Waals surface area contributed by atoms with E-state index >= 15 is 0 Å². The van der Waals surface area contributed by atoms with Crippen LogP contribution in [0.15, 0.2) is 60.9 Å². The van der Waals surface area contributed by atoms with Crippen LogP contribution in [0.5, 0.6) is 17.5 Å². The molecule has 0 bridgehead atoms. The van der Waals surface area contributed by atoms with E-state index in [1.165, 1.54) is 0 Å². The van der Waals surface area contributed by atoms with Gasteiger partial charge < -0.3 is 14.8 Å². The van der Waals surface area contributed by atoms with Crippen LogP contribution >= 0.6 is 0 Å². The minimum atomic E-state index is -0.0702. The molecule has 28 heavy (non-hydrogen) atoms. The summed E-state index contributed by atoms with van der Waals surface area (Å²) in [5.41, 5.74) is 2.39. The molecule has 0 saturated heterocycles. The maximum Gasteiger partial charge on any atom is 0.321 e. The number of carbonyl (C=O) groups is 1. The zero-order valence-electron chi connectivity index (χ0n) is 16.2. The molecule has 0 radical (unpaired) electrons. The van der Waals surface area contributed by atoms with Crippen molar-refractivity contribution in [2.45, 2.75) is 26.3 Å². The quantitative estimate of drug-likeness (QED) is 0.657. The summed E-state index contributed by atoms with van der Waals surface area (Å²) in [5, 5.41) is 2.95. The van der Waals surface area contributed by atoms with Crippen LogP contribution in [-0.4, -0.2) is 29.0 Å². The number of carbonyl (C=O) groups excluding carboxylic acids is 1. The van der Waals surface area contributed by atoms with Gasteiger partial charge in [0.2, 0.25) is 0 Å². The maximum absolute atomic E-state index is 12.2. The number of amides is 1. The Morgan fingerprint density at radius 1 is 1.04 bits per heavy atom. The summed E-state index contributed by atoms with van der Waals surface area (Å²) in [6.07, 6.45) is 4.28. The third-order valence-electron chi connectivity index (χ3n) is 4.35. The summed E-state index contributed by atoms with van der Waals surface area (Å²) < 4.78 is 10.8. The normalized spacial score (nSPS) is 11.5. The van der Waals surface area contributed by atoms with Crippen LogP contribution in [0.3, 0.4) is 0 Å². The molecule has 3 rings (SSSR count). The molecule has 1 atom stereocenters. The van der Waals surface area contributed by atoms with Crippen LogP contribution in [0.2, 0.25) is 0 Å². The molecule has 0 aliphatic heterocycles. The zero-order valence-corrected chi connectivity index (χ0v) is 16.2. The van der Waals surface area contributed by atoms with Crippen LogP contribution < -0.4 is 14.8 Å². The van der Waals surface area contributed by atoms with Gasteiger partial charge in [0.05, 0.1) is 7.11 Å². The van der Waals surface area contributed by atoms with E-state index < -0.39 is 0 Å². The number of nitrogens with one attached hydrogen (secondary N) is 1. The minimum Gasteiger partial charge on any atom is -0.497 e. The van der Waals surface area contributed by atoms with Crippen molar-refractivity contribution >= 4 is 5.91 Å². The molecule has 0 aliphatic carbocycles. The number of methoxy groups -OCH3 is 1. The molecule has 2 aromatic carbocycles. The van der Waals surface area contributed by atoms with E-state index in [1.807, 2.05) is 44.2 Å². The van der Waals surface area contributed by atoms with Crippen molar-refractivity contribution in [2.75, 3.05) is 7.11 Å². The molecule has 0 aliphatic rings. The van der Waals surface area contributed by atoms with Gasteiger partial charge >= 0.3 is 6.01 Å². The summed E-state index contributed by atoms with van der Waals surface area (Å²) in [7, 11) is 1.60. The van der Waals surface area contributed by atoms with Gasteiger partial charge in [-0.3, -0.25) is 4.79 Å². The third-order valence-corrected chi connectivity index (χ3v) is 4.35.